The summed E-state index contributed by atoms with van der Waals surface area (Å²) in [4.78, 5) is 48.5. The minimum Gasteiger partial charge on any atom is -0.390 e. The standard InChI is InChI=1S/C25H22F5N5O4/c1-3-16(25(28,29)30)32-22(38)14-10-34(21-15(27)8-12(26)9-31-21)20-13(18(14)36)4-5-17(33-20)35-11(2)19(37)24(6-7-24)23(35)39/h4-5,8-11,16,19,37H,3,6-7H2,1-2H3,(H,32,38)/t11?,16-,19?/m0/s1. The van der Waals surface area contributed by atoms with Gasteiger partial charge in [0, 0.05) is 12.3 Å². The van der Waals surface area contributed by atoms with Crippen LogP contribution in [0.1, 0.15) is 43.5 Å². The van der Waals surface area contributed by atoms with Crippen LogP contribution < -0.4 is 15.6 Å². The van der Waals surface area contributed by atoms with Crippen LogP contribution in [0, 0.1) is 17.0 Å². The van der Waals surface area contributed by atoms with Gasteiger partial charge in [0.2, 0.25) is 11.3 Å². The van der Waals surface area contributed by atoms with Gasteiger partial charge in [-0.1, -0.05) is 6.92 Å². The molecule has 3 atom stereocenters. The van der Waals surface area contributed by atoms with Crippen LogP contribution in [0.3, 0.4) is 0 Å². The highest BCUT2D eigenvalue weighted by Crippen LogP contribution is 2.56. The summed E-state index contributed by atoms with van der Waals surface area (Å²) in [5.74, 6) is -4.56. The first-order chi connectivity index (χ1) is 18.3. The van der Waals surface area contributed by atoms with Gasteiger partial charge in [0.1, 0.15) is 23.2 Å². The highest BCUT2D eigenvalue weighted by atomic mass is 19.4. The van der Waals surface area contributed by atoms with Crippen LogP contribution in [-0.2, 0) is 4.79 Å². The summed E-state index contributed by atoms with van der Waals surface area (Å²) in [5.41, 5.74) is -2.97. The smallest absolute Gasteiger partial charge is 0.390 e. The van der Waals surface area contributed by atoms with E-state index in [0.29, 0.717) is 25.1 Å². The lowest BCUT2D eigenvalue weighted by atomic mass is 9.99. The first-order valence-corrected chi connectivity index (χ1v) is 12.1. The summed E-state index contributed by atoms with van der Waals surface area (Å²) < 4.78 is 69.1. The van der Waals surface area contributed by atoms with E-state index in [1.165, 1.54) is 24.0 Å². The minimum atomic E-state index is -4.79. The molecule has 39 heavy (non-hydrogen) atoms. The first-order valence-electron chi connectivity index (χ1n) is 12.1. The van der Waals surface area contributed by atoms with Gasteiger partial charge in [0.25, 0.3) is 5.91 Å². The largest absolute Gasteiger partial charge is 0.408 e. The number of nitrogens with one attached hydrogen (secondary N) is 1. The summed E-state index contributed by atoms with van der Waals surface area (Å²) in [7, 11) is 0. The van der Waals surface area contributed by atoms with Gasteiger partial charge in [-0.25, -0.2) is 18.7 Å². The van der Waals surface area contributed by atoms with Crippen molar-refractivity contribution < 1.29 is 36.6 Å². The fourth-order valence-corrected chi connectivity index (χ4v) is 5.00. The van der Waals surface area contributed by atoms with E-state index >= 15 is 0 Å². The molecule has 1 saturated carbocycles. The second kappa shape index (κ2) is 9.07. The number of pyridine rings is 3. The molecule has 5 rings (SSSR count). The van der Waals surface area contributed by atoms with Gasteiger partial charge < -0.3 is 10.4 Å². The van der Waals surface area contributed by atoms with E-state index in [1.807, 2.05) is 0 Å². The second-order valence-electron chi connectivity index (χ2n) is 9.73. The lowest BCUT2D eigenvalue weighted by molar-refractivity contribution is -0.153. The number of aliphatic hydroxyl groups excluding tert-OH is 1. The van der Waals surface area contributed by atoms with E-state index in [4.69, 9.17) is 0 Å². The maximum atomic E-state index is 14.8. The molecule has 2 N–H and O–H groups in total. The third-order valence-corrected chi connectivity index (χ3v) is 7.32. The molecule has 0 radical (unpaired) electrons. The third-order valence-electron chi connectivity index (χ3n) is 7.32. The number of aromatic nitrogens is 3. The van der Waals surface area contributed by atoms with Crippen molar-refractivity contribution in [2.75, 3.05) is 4.90 Å². The molecule has 1 aliphatic carbocycles. The summed E-state index contributed by atoms with van der Waals surface area (Å²) >= 11 is 0. The highest BCUT2D eigenvalue weighted by Gasteiger charge is 2.65. The molecule has 0 bridgehead atoms. The van der Waals surface area contributed by atoms with Crippen molar-refractivity contribution in [3.05, 3.63) is 58.0 Å². The Morgan fingerprint density at radius 3 is 2.51 bits per heavy atom. The topological polar surface area (TPSA) is 117 Å². The lowest BCUT2D eigenvalue weighted by Gasteiger charge is -2.23. The van der Waals surface area contributed by atoms with Crippen LogP contribution in [-0.4, -0.2) is 55.8 Å². The SMILES string of the molecule is CC[C@H](NC(=O)c1cn(-c2ncc(F)cc2F)c2nc(N3C(=O)C4(CC4)C(O)C3C)ccc2c1=O)C(F)(F)F. The number of fused-ring (bicyclic) bond motifs is 1. The molecule has 2 unspecified atom stereocenters. The number of amides is 2. The fraction of sp³-hybridized carbons (Fsp3) is 0.400. The quantitative estimate of drug-likeness (QED) is 0.471. The zero-order valence-electron chi connectivity index (χ0n) is 20.6. The number of alkyl halides is 3. The number of aliphatic hydroxyl groups is 1. The molecule has 3 aromatic heterocycles. The average Bonchev–Trinajstić information content (AvgIpc) is 3.66. The van der Waals surface area contributed by atoms with Gasteiger partial charge in [-0.3, -0.25) is 23.9 Å². The van der Waals surface area contributed by atoms with Crippen molar-refractivity contribution in [2.24, 2.45) is 5.41 Å². The summed E-state index contributed by atoms with van der Waals surface area (Å²) in [6.45, 7) is 2.82. The van der Waals surface area contributed by atoms with Crippen LogP contribution in [0.25, 0.3) is 16.9 Å². The number of halogens is 5. The van der Waals surface area contributed by atoms with Gasteiger partial charge >= 0.3 is 6.18 Å². The van der Waals surface area contributed by atoms with Gasteiger partial charge in [-0.05, 0) is 38.3 Å². The van der Waals surface area contributed by atoms with Gasteiger partial charge in [-0.15, -0.1) is 0 Å². The Kier molecular flexibility index (Phi) is 6.20. The Labute approximate surface area is 217 Å². The van der Waals surface area contributed by atoms with Crippen LogP contribution in [0.15, 0.2) is 35.4 Å². The molecule has 4 heterocycles. The lowest BCUT2D eigenvalue weighted by Crippen LogP contribution is -2.46. The van der Waals surface area contributed by atoms with Crippen molar-refractivity contribution in [3.8, 4) is 5.82 Å². The Balaban J connectivity index is 1.69. The van der Waals surface area contributed by atoms with E-state index in [1.54, 1.807) is 12.2 Å². The van der Waals surface area contributed by atoms with Crippen molar-refractivity contribution in [3.63, 3.8) is 0 Å². The van der Waals surface area contributed by atoms with Crippen molar-refractivity contribution in [2.45, 2.75) is 57.5 Å². The Morgan fingerprint density at radius 1 is 1.26 bits per heavy atom. The van der Waals surface area contributed by atoms with E-state index < -0.39 is 70.6 Å². The molecular weight excluding hydrogens is 529 g/mol. The third kappa shape index (κ3) is 4.22. The summed E-state index contributed by atoms with van der Waals surface area (Å²) in [6, 6.07) is 0.0474. The molecule has 2 fully saturated rings. The molecule has 206 valence electrons. The predicted molar refractivity (Wildman–Crippen MR) is 127 cm³/mol. The first kappa shape index (κ1) is 26.7. The molecule has 1 aliphatic heterocycles. The second-order valence-corrected chi connectivity index (χ2v) is 9.73. The average molecular weight is 551 g/mol. The van der Waals surface area contributed by atoms with Crippen molar-refractivity contribution in [1.29, 1.82) is 0 Å². The van der Waals surface area contributed by atoms with E-state index in [2.05, 4.69) is 9.97 Å². The molecule has 1 spiro atoms. The fourth-order valence-electron chi connectivity index (χ4n) is 5.00. The van der Waals surface area contributed by atoms with Gasteiger partial charge in [-0.2, -0.15) is 13.2 Å². The van der Waals surface area contributed by atoms with E-state index in [-0.39, 0.29) is 22.8 Å². The Hall–Kier alpha value is -3.94. The molecule has 2 amide bonds. The number of carbonyl (C=O) groups is 2. The summed E-state index contributed by atoms with van der Waals surface area (Å²) in [6.07, 6.45) is -3.84. The van der Waals surface area contributed by atoms with Crippen LogP contribution in [0.4, 0.5) is 27.8 Å². The Bertz CT molecular complexity index is 1570. The van der Waals surface area contributed by atoms with E-state index in [0.717, 1.165) is 10.8 Å². The molecule has 14 heteroatoms. The van der Waals surface area contributed by atoms with E-state index in [9.17, 15) is 41.4 Å². The molecule has 2 aliphatic rings. The highest BCUT2D eigenvalue weighted by molar-refractivity contribution is 6.03. The normalized spacial score (nSPS) is 21.0. The number of carbonyl (C=O) groups excluding carboxylic acids is 2. The number of nitrogens with zero attached hydrogens (tertiary/aromatic N) is 4. The maximum absolute atomic E-state index is 14.8. The number of hydrogen-bond donors (Lipinski definition) is 2. The monoisotopic (exact) mass is 551 g/mol. The zero-order valence-corrected chi connectivity index (χ0v) is 20.6. The summed E-state index contributed by atoms with van der Waals surface area (Å²) in [5, 5.41) is 12.1. The minimum absolute atomic E-state index is 0.0128. The Morgan fingerprint density at radius 2 is 1.95 bits per heavy atom. The van der Waals surface area contributed by atoms with Crippen LogP contribution in [0.2, 0.25) is 0 Å². The predicted octanol–water partition coefficient (Wildman–Crippen LogP) is 3.01. The molecule has 1 saturated heterocycles. The van der Waals surface area contributed by atoms with Crippen molar-refractivity contribution >= 4 is 28.7 Å². The molecule has 9 nitrogen and oxygen atoms in total. The van der Waals surface area contributed by atoms with Crippen molar-refractivity contribution in [1.82, 2.24) is 19.9 Å². The maximum Gasteiger partial charge on any atom is 0.408 e. The number of anilines is 1. The number of hydrogen-bond acceptors (Lipinski definition) is 6. The molecule has 0 aromatic carbocycles. The molecular formula is C25H22F5N5O4. The van der Waals surface area contributed by atoms with Gasteiger partial charge in [0.05, 0.1) is 29.1 Å². The number of rotatable bonds is 5. The van der Waals surface area contributed by atoms with Gasteiger partial charge in [0.15, 0.2) is 17.3 Å². The molecule has 3 aromatic rings. The van der Waals surface area contributed by atoms with Crippen LogP contribution in [0.5, 0.6) is 0 Å². The van der Waals surface area contributed by atoms with Crippen LogP contribution >= 0.6 is 0 Å². The zero-order chi connectivity index (χ0) is 28.4.